The fraction of sp³-hybridized carbons (Fsp3) is 0.231. The number of nitrogen functional groups attached to an aromatic ring is 1. The Morgan fingerprint density at radius 3 is 2.89 bits per heavy atom. The summed E-state index contributed by atoms with van der Waals surface area (Å²) in [5.41, 5.74) is 10.5. The quantitative estimate of drug-likeness (QED) is 0.700. The molecule has 5 heteroatoms. The summed E-state index contributed by atoms with van der Waals surface area (Å²) >= 11 is 0. The molecule has 0 saturated heterocycles. The topological polar surface area (TPSA) is 69.9 Å². The molecule has 3 rings (SSSR count). The first-order valence-corrected chi connectivity index (χ1v) is 5.77. The normalized spacial score (nSPS) is 11.2. The van der Waals surface area contributed by atoms with Crippen LogP contribution in [-0.4, -0.2) is 14.7 Å². The van der Waals surface area contributed by atoms with Crippen LogP contribution in [0.3, 0.4) is 0 Å². The van der Waals surface area contributed by atoms with Gasteiger partial charge in [-0.1, -0.05) is 5.16 Å². The van der Waals surface area contributed by atoms with Gasteiger partial charge in [0.25, 0.3) is 0 Å². The fourth-order valence-corrected chi connectivity index (χ4v) is 2.10. The maximum Gasteiger partial charge on any atom is 0.138 e. The Morgan fingerprint density at radius 1 is 1.33 bits per heavy atom. The van der Waals surface area contributed by atoms with E-state index in [1.807, 2.05) is 38.4 Å². The average molecular weight is 242 g/mol. The summed E-state index contributed by atoms with van der Waals surface area (Å²) in [6.07, 6.45) is 1.82. The lowest BCUT2D eigenvalue weighted by atomic mass is 10.2. The van der Waals surface area contributed by atoms with Gasteiger partial charge < -0.3 is 14.8 Å². The van der Waals surface area contributed by atoms with Gasteiger partial charge in [-0.25, -0.2) is 4.98 Å². The number of nitrogens with zero attached hydrogens (tertiary/aromatic N) is 3. The van der Waals surface area contributed by atoms with E-state index in [2.05, 4.69) is 14.7 Å². The second kappa shape index (κ2) is 3.87. The molecule has 2 aromatic heterocycles. The van der Waals surface area contributed by atoms with E-state index in [1.54, 1.807) is 0 Å². The minimum atomic E-state index is 0.710. The number of aryl methyl sites for hydroxylation is 2. The summed E-state index contributed by atoms with van der Waals surface area (Å²) < 4.78 is 7.24. The van der Waals surface area contributed by atoms with Gasteiger partial charge in [0.2, 0.25) is 0 Å². The van der Waals surface area contributed by atoms with Crippen molar-refractivity contribution in [2.75, 3.05) is 5.73 Å². The van der Waals surface area contributed by atoms with E-state index in [1.165, 1.54) is 0 Å². The zero-order valence-corrected chi connectivity index (χ0v) is 10.3. The van der Waals surface area contributed by atoms with Gasteiger partial charge in [0.15, 0.2) is 0 Å². The molecule has 2 N–H and O–H groups in total. The van der Waals surface area contributed by atoms with Crippen LogP contribution in [0.4, 0.5) is 5.69 Å². The van der Waals surface area contributed by atoms with Gasteiger partial charge in [-0.2, -0.15) is 0 Å². The smallest absolute Gasteiger partial charge is 0.138 e. The number of hydrogen-bond acceptors (Lipinski definition) is 4. The summed E-state index contributed by atoms with van der Waals surface area (Å²) in [5.74, 6) is 0.852. The largest absolute Gasteiger partial charge is 0.399 e. The Bertz CT molecular complexity index is 691. The first kappa shape index (κ1) is 10.8. The van der Waals surface area contributed by atoms with Crippen LogP contribution in [0.2, 0.25) is 0 Å². The third-order valence-electron chi connectivity index (χ3n) is 3.15. The van der Waals surface area contributed by atoms with E-state index in [0.717, 1.165) is 33.7 Å². The highest BCUT2D eigenvalue weighted by Gasteiger charge is 2.11. The molecule has 0 fully saturated rings. The van der Waals surface area contributed by atoms with Crippen LogP contribution in [0.15, 0.2) is 29.0 Å². The second-order valence-electron chi connectivity index (χ2n) is 4.42. The number of imidazole rings is 1. The first-order valence-electron chi connectivity index (χ1n) is 5.77. The molecule has 0 radical (unpaired) electrons. The number of benzene rings is 1. The molecule has 2 heterocycles. The first-order chi connectivity index (χ1) is 8.65. The van der Waals surface area contributed by atoms with Crippen LogP contribution in [0.25, 0.3) is 11.0 Å². The lowest BCUT2D eigenvalue weighted by molar-refractivity contribution is 0.392. The fourth-order valence-electron chi connectivity index (χ4n) is 2.10. The summed E-state index contributed by atoms with van der Waals surface area (Å²) in [5, 5.41) is 3.96. The molecule has 0 saturated carbocycles. The second-order valence-corrected chi connectivity index (χ2v) is 4.42. The Kier molecular flexibility index (Phi) is 2.33. The number of anilines is 1. The molecule has 0 atom stereocenters. The molecule has 92 valence electrons. The Morgan fingerprint density at radius 2 is 2.17 bits per heavy atom. The molecule has 0 amide bonds. The maximum atomic E-state index is 5.74. The molecule has 5 nitrogen and oxygen atoms in total. The van der Waals surface area contributed by atoms with Crippen molar-refractivity contribution in [2.24, 2.45) is 0 Å². The van der Waals surface area contributed by atoms with E-state index >= 15 is 0 Å². The van der Waals surface area contributed by atoms with Crippen molar-refractivity contribution in [1.29, 1.82) is 0 Å². The Labute approximate surface area is 104 Å². The van der Waals surface area contributed by atoms with Gasteiger partial charge in [-0.05, 0) is 32.0 Å². The van der Waals surface area contributed by atoms with Crippen molar-refractivity contribution in [3.05, 3.63) is 41.5 Å². The SMILES string of the molecule is Cc1noc(C)c1Cn1cnc2cc(N)ccc21. The highest BCUT2D eigenvalue weighted by Crippen LogP contribution is 2.20. The zero-order valence-electron chi connectivity index (χ0n) is 10.3. The lowest BCUT2D eigenvalue weighted by Crippen LogP contribution is -2.00. The van der Waals surface area contributed by atoms with Crippen molar-refractivity contribution in [3.63, 3.8) is 0 Å². The van der Waals surface area contributed by atoms with Crippen molar-refractivity contribution in [2.45, 2.75) is 20.4 Å². The van der Waals surface area contributed by atoms with E-state index in [9.17, 15) is 0 Å². The van der Waals surface area contributed by atoms with E-state index in [-0.39, 0.29) is 0 Å². The van der Waals surface area contributed by atoms with Gasteiger partial charge in [0.05, 0.1) is 29.6 Å². The predicted octanol–water partition coefficient (Wildman–Crippen LogP) is 2.27. The number of rotatable bonds is 2. The third kappa shape index (κ3) is 1.64. The van der Waals surface area contributed by atoms with Crippen LogP contribution in [-0.2, 0) is 6.54 Å². The average Bonchev–Trinajstić information content (AvgIpc) is 2.87. The molecule has 0 aliphatic rings. The molecule has 1 aromatic carbocycles. The predicted molar refractivity (Wildman–Crippen MR) is 69.2 cm³/mol. The molecular formula is C13H14N4O. The summed E-state index contributed by atoms with van der Waals surface area (Å²) in [6, 6.07) is 5.74. The van der Waals surface area contributed by atoms with Crippen LogP contribution in [0.1, 0.15) is 17.0 Å². The van der Waals surface area contributed by atoms with Crippen molar-refractivity contribution in [1.82, 2.24) is 14.7 Å². The molecule has 0 aliphatic heterocycles. The van der Waals surface area contributed by atoms with Crippen molar-refractivity contribution >= 4 is 16.7 Å². The van der Waals surface area contributed by atoms with Crippen LogP contribution in [0.5, 0.6) is 0 Å². The number of fused-ring (bicyclic) bond motifs is 1. The third-order valence-corrected chi connectivity index (χ3v) is 3.15. The molecule has 0 unspecified atom stereocenters. The lowest BCUT2D eigenvalue weighted by Gasteiger charge is -2.03. The van der Waals surface area contributed by atoms with Gasteiger partial charge in [0, 0.05) is 11.3 Å². The molecule has 3 aromatic rings. The van der Waals surface area contributed by atoms with E-state index < -0.39 is 0 Å². The number of aromatic nitrogens is 3. The van der Waals surface area contributed by atoms with E-state index in [0.29, 0.717) is 6.54 Å². The number of nitrogens with two attached hydrogens (primary N) is 1. The zero-order chi connectivity index (χ0) is 12.7. The maximum absolute atomic E-state index is 5.74. The van der Waals surface area contributed by atoms with Crippen molar-refractivity contribution < 1.29 is 4.52 Å². The Hall–Kier alpha value is -2.30. The molecule has 0 aliphatic carbocycles. The summed E-state index contributed by atoms with van der Waals surface area (Å²) in [6.45, 7) is 4.58. The van der Waals surface area contributed by atoms with Crippen LogP contribution in [0, 0.1) is 13.8 Å². The summed E-state index contributed by atoms with van der Waals surface area (Å²) in [4.78, 5) is 4.35. The minimum Gasteiger partial charge on any atom is -0.399 e. The Balaban J connectivity index is 2.06. The molecule has 0 spiro atoms. The standard InChI is InChI=1S/C13H14N4O/c1-8-11(9(2)18-16-8)6-17-7-15-12-5-10(14)3-4-13(12)17/h3-5,7H,6,14H2,1-2H3. The van der Waals surface area contributed by atoms with Crippen molar-refractivity contribution in [3.8, 4) is 0 Å². The summed E-state index contributed by atoms with van der Waals surface area (Å²) in [7, 11) is 0. The highest BCUT2D eigenvalue weighted by atomic mass is 16.5. The minimum absolute atomic E-state index is 0.710. The molecular weight excluding hydrogens is 228 g/mol. The highest BCUT2D eigenvalue weighted by molar-refractivity contribution is 5.79. The van der Waals surface area contributed by atoms with E-state index in [4.69, 9.17) is 10.3 Å². The van der Waals surface area contributed by atoms with Crippen LogP contribution >= 0.6 is 0 Å². The monoisotopic (exact) mass is 242 g/mol. The van der Waals surface area contributed by atoms with Crippen LogP contribution < -0.4 is 5.73 Å². The molecule has 0 bridgehead atoms. The van der Waals surface area contributed by atoms with Gasteiger partial charge in [-0.3, -0.25) is 0 Å². The van der Waals surface area contributed by atoms with Gasteiger partial charge in [0.1, 0.15) is 5.76 Å². The molecule has 18 heavy (non-hydrogen) atoms. The number of hydrogen-bond donors (Lipinski definition) is 1. The van der Waals surface area contributed by atoms with Gasteiger partial charge >= 0.3 is 0 Å². The van der Waals surface area contributed by atoms with Gasteiger partial charge in [-0.15, -0.1) is 0 Å².